The third-order valence-electron chi connectivity index (χ3n) is 1.32. The topological polar surface area (TPSA) is 38.2 Å². The number of anilines is 1. The van der Waals surface area contributed by atoms with E-state index < -0.39 is 0 Å². The highest BCUT2D eigenvalue weighted by molar-refractivity contribution is 7.09. The minimum atomic E-state index is 0.796. The molecule has 0 spiro atoms. The Balaban J connectivity index is 2.71. The van der Waals surface area contributed by atoms with E-state index in [0.717, 1.165) is 17.4 Å². The van der Waals surface area contributed by atoms with Gasteiger partial charge in [-0.2, -0.15) is 4.37 Å². The van der Waals surface area contributed by atoms with Crippen LogP contribution in [0.5, 0.6) is 0 Å². The highest BCUT2D eigenvalue weighted by Crippen LogP contribution is 2.15. The molecule has 0 aliphatic heterocycles. The Morgan fingerprint density at radius 1 is 1.64 bits per heavy atom. The summed E-state index contributed by atoms with van der Waals surface area (Å²) in [5, 5.41) is 2.39. The van der Waals surface area contributed by atoms with Crippen molar-refractivity contribution in [1.82, 2.24) is 9.36 Å². The number of nitrogens with zero attached hydrogens (tertiary/aromatic N) is 3. The van der Waals surface area contributed by atoms with Crippen molar-refractivity contribution in [2.45, 2.75) is 13.3 Å². The third kappa shape index (κ3) is 1.87. The largest absolute Gasteiger partial charge is 0.275 e. The zero-order valence-electron chi connectivity index (χ0n) is 6.87. The summed E-state index contributed by atoms with van der Waals surface area (Å²) in [5.74, 6) is 0.869. The molecule has 0 bridgehead atoms. The summed E-state index contributed by atoms with van der Waals surface area (Å²) in [6.45, 7) is 2.03. The molecule has 0 fully saturated rings. The Bertz CT molecular complexity index is 225. The zero-order valence-corrected chi connectivity index (χ0v) is 7.68. The van der Waals surface area contributed by atoms with Crippen LogP contribution in [0, 0.1) is 0 Å². The van der Waals surface area contributed by atoms with Crippen molar-refractivity contribution in [2.24, 2.45) is 0 Å². The van der Waals surface area contributed by atoms with Crippen LogP contribution in [0.15, 0.2) is 0 Å². The summed E-state index contributed by atoms with van der Waals surface area (Å²) >= 11 is 1.35. The van der Waals surface area contributed by atoms with Crippen molar-refractivity contribution < 1.29 is 4.84 Å². The van der Waals surface area contributed by atoms with Gasteiger partial charge in [-0.05, 0) is 0 Å². The van der Waals surface area contributed by atoms with Crippen molar-refractivity contribution in [2.75, 3.05) is 19.2 Å². The Morgan fingerprint density at radius 2 is 2.36 bits per heavy atom. The van der Waals surface area contributed by atoms with Crippen LogP contribution in [0.1, 0.15) is 12.7 Å². The minimum Gasteiger partial charge on any atom is -0.275 e. The first kappa shape index (κ1) is 8.42. The maximum absolute atomic E-state index is 4.94. The summed E-state index contributed by atoms with van der Waals surface area (Å²) in [6, 6.07) is 0. The Morgan fingerprint density at radius 3 is 2.82 bits per heavy atom. The van der Waals surface area contributed by atoms with Gasteiger partial charge in [0.15, 0.2) is 0 Å². The average molecular weight is 173 g/mol. The van der Waals surface area contributed by atoms with Gasteiger partial charge in [0, 0.05) is 25.0 Å². The normalized spacial score (nSPS) is 10.1. The molecular weight excluding hydrogens is 162 g/mol. The van der Waals surface area contributed by atoms with E-state index in [2.05, 4.69) is 9.36 Å². The molecule has 1 aromatic heterocycles. The lowest BCUT2D eigenvalue weighted by Gasteiger charge is -2.09. The molecule has 0 saturated heterocycles. The second-order valence-electron chi connectivity index (χ2n) is 2.03. The van der Waals surface area contributed by atoms with Gasteiger partial charge in [-0.25, -0.2) is 10.0 Å². The van der Waals surface area contributed by atoms with Gasteiger partial charge in [-0.1, -0.05) is 6.92 Å². The molecule has 0 aliphatic carbocycles. The molecule has 0 aromatic carbocycles. The monoisotopic (exact) mass is 173 g/mol. The lowest BCUT2D eigenvalue weighted by atomic mass is 10.5. The Hall–Kier alpha value is -0.680. The van der Waals surface area contributed by atoms with Gasteiger partial charge < -0.3 is 0 Å². The molecule has 0 aliphatic rings. The van der Waals surface area contributed by atoms with Crippen LogP contribution in [0.4, 0.5) is 5.13 Å². The lowest BCUT2D eigenvalue weighted by Crippen LogP contribution is -2.14. The van der Waals surface area contributed by atoms with Crippen LogP contribution >= 0.6 is 11.5 Å². The van der Waals surface area contributed by atoms with Crippen molar-refractivity contribution in [3.8, 4) is 0 Å². The maximum atomic E-state index is 4.94. The van der Waals surface area contributed by atoms with E-state index in [1.165, 1.54) is 11.5 Å². The van der Waals surface area contributed by atoms with Gasteiger partial charge >= 0.3 is 0 Å². The molecule has 0 amide bonds. The predicted octanol–water partition coefficient (Wildman–Crippen LogP) is 1.10. The van der Waals surface area contributed by atoms with Crippen molar-refractivity contribution in [1.29, 1.82) is 0 Å². The van der Waals surface area contributed by atoms with Crippen molar-refractivity contribution in [3.63, 3.8) is 0 Å². The molecule has 5 heteroatoms. The van der Waals surface area contributed by atoms with Crippen LogP contribution in [0.3, 0.4) is 0 Å². The molecule has 11 heavy (non-hydrogen) atoms. The first-order chi connectivity index (χ1) is 5.27. The molecule has 0 saturated carbocycles. The fourth-order valence-corrected chi connectivity index (χ4v) is 1.29. The zero-order chi connectivity index (χ0) is 8.27. The fourth-order valence-electron chi connectivity index (χ4n) is 0.594. The van der Waals surface area contributed by atoms with Crippen molar-refractivity contribution in [3.05, 3.63) is 5.82 Å². The molecule has 1 aromatic rings. The highest BCUT2D eigenvalue weighted by Gasteiger charge is 2.05. The molecule has 0 radical (unpaired) electrons. The molecule has 4 nitrogen and oxygen atoms in total. The Labute approximate surface area is 69.9 Å². The van der Waals surface area contributed by atoms with Gasteiger partial charge in [-0.15, -0.1) is 0 Å². The molecule has 62 valence electrons. The second-order valence-corrected chi connectivity index (χ2v) is 2.76. The van der Waals surface area contributed by atoms with Crippen LogP contribution in [0.25, 0.3) is 0 Å². The van der Waals surface area contributed by atoms with E-state index in [0.29, 0.717) is 0 Å². The summed E-state index contributed by atoms with van der Waals surface area (Å²) in [5.41, 5.74) is 0. The van der Waals surface area contributed by atoms with E-state index in [-0.39, 0.29) is 0 Å². The average Bonchev–Trinajstić information content (AvgIpc) is 2.50. The first-order valence-corrected chi connectivity index (χ1v) is 4.15. The van der Waals surface area contributed by atoms with Crippen LogP contribution in [0.2, 0.25) is 0 Å². The number of hydrogen-bond donors (Lipinski definition) is 0. The highest BCUT2D eigenvalue weighted by atomic mass is 32.1. The predicted molar refractivity (Wildman–Crippen MR) is 44.7 cm³/mol. The second kappa shape index (κ2) is 3.64. The number of aromatic nitrogens is 2. The first-order valence-electron chi connectivity index (χ1n) is 3.38. The Kier molecular flexibility index (Phi) is 2.78. The lowest BCUT2D eigenvalue weighted by molar-refractivity contribution is 0.184. The van der Waals surface area contributed by atoms with Crippen LogP contribution in [-0.2, 0) is 11.3 Å². The standard InChI is InChI=1S/C6H11N3OS/c1-4-5-7-6(11-8-5)9(2)10-3/h4H2,1-3H3. The van der Waals surface area contributed by atoms with E-state index in [4.69, 9.17) is 4.84 Å². The summed E-state index contributed by atoms with van der Waals surface area (Å²) < 4.78 is 4.11. The van der Waals surface area contributed by atoms with E-state index in [1.807, 2.05) is 6.92 Å². The molecule has 1 rings (SSSR count). The molecular formula is C6H11N3OS. The number of rotatable bonds is 3. The quantitative estimate of drug-likeness (QED) is 0.641. The fraction of sp³-hybridized carbons (Fsp3) is 0.667. The summed E-state index contributed by atoms with van der Waals surface area (Å²) in [4.78, 5) is 9.14. The third-order valence-corrected chi connectivity index (χ3v) is 2.13. The summed E-state index contributed by atoms with van der Waals surface area (Å²) in [7, 11) is 3.41. The van der Waals surface area contributed by atoms with Crippen molar-refractivity contribution >= 4 is 16.7 Å². The molecule has 0 N–H and O–H groups in total. The smallest absolute Gasteiger partial charge is 0.229 e. The number of hydroxylamine groups is 1. The van der Waals surface area contributed by atoms with Gasteiger partial charge in [0.25, 0.3) is 0 Å². The van der Waals surface area contributed by atoms with Crippen LogP contribution < -0.4 is 5.06 Å². The van der Waals surface area contributed by atoms with Crippen LogP contribution in [-0.4, -0.2) is 23.5 Å². The van der Waals surface area contributed by atoms with Gasteiger partial charge in [0.1, 0.15) is 5.82 Å². The summed E-state index contributed by atoms with van der Waals surface area (Å²) in [6.07, 6.45) is 0.869. The molecule has 0 atom stereocenters. The number of hydrogen-bond acceptors (Lipinski definition) is 5. The molecule has 0 unspecified atom stereocenters. The van der Waals surface area contributed by atoms with Gasteiger partial charge in [0.05, 0.1) is 7.11 Å². The van der Waals surface area contributed by atoms with E-state index in [1.54, 1.807) is 19.2 Å². The van der Waals surface area contributed by atoms with E-state index >= 15 is 0 Å². The SMILES string of the molecule is CCc1nsc(N(C)OC)n1. The minimum absolute atomic E-state index is 0.796. The number of aryl methyl sites for hydroxylation is 1. The maximum Gasteiger partial charge on any atom is 0.229 e. The van der Waals surface area contributed by atoms with E-state index in [9.17, 15) is 0 Å². The van der Waals surface area contributed by atoms with Gasteiger partial charge in [-0.3, -0.25) is 4.84 Å². The molecule has 1 heterocycles. The van der Waals surface area contributed by atoms with Gasteiger partial charge in [0.2, 0.25) is 5.13 Å².